The summed E-state index contributed by atoms with van der Waals surface area (Å²) in [5.41, 5.74) is 0.766. The molecule has 0 amide bonds. The Hall–Kier alpha value is -1.77. The molecule has 0 spiro atoms. The predicted octanol–water partition coefficient (Wildman–Crippen LogP) is 0.107. The number of hydrogen-bond acceptors (Lipinski definition) is 4. The molecule has 2 rings (SSSR count). The maximum absolute atomic E-state index is 9.23. The SMILES string of the molecule is O=S(=O)(O)O.O[n+]1cncc2ccccc21. The van der Waals surface area contributed by atoms with Gasteiger partial charge in [0, 0.05) is 0 Å². The van der Waals surface area contributed by atoms with Gasteiger partial charge in [-0.1, -0.05) is 17.1 Å². The molecule has 86 valence electrons. The summed E-state index contributed by atoms with van der Waals surface area (Å²) in [6, 6.07) is 7.51. The largest absolute Gasteiger partial charge is 0.394 e. The van der Waals surface area contributed by atoms with E-state index >= 15 is 0 Å². The van der Waals surface area contributed by atoms with Gasteiger partial charge in [0.15, 0.2) is 11.7 Å². The van der Waals surface area contributed by atoms with Crippen molar-refractivity contribution in [2.75, 3.05) is 0 Å². The first-order chi connectivity index (χ1) is 7.38. The topological polar surface area (TPSA) is 112 Å². The Labute approximate surface area is 91.1 Å². The molecule has 1 aromatic heterocycles. The smallest absolute Gasteiger partial charge is 0.349 e. The van der Waals surface area contributed by atoms with Crippen molar-refractivity contribution >= 4 is 21.3 Å². The van der Waals surface area contributed by atoms with Crippen LogP contribution in [0.3, 0.4) is 0 Å². The average Bonchev–Trinajstić information content (AvgIpc) is 2.16. The molecule has 2 aromatic rings. The molecule has 7 nitrogen and oxygen atoms in total. The minimum Gasteiger partial charge on any atom is -0.349 e. The first-order valence-corrected chi connectivity index (χ1v) is 5.41. The lowest BCUT2D eigenvalue weighted by Gasteiger charge is -1.91. The molecule has 16 heavy (non-hydrogen) atoms. The predicted molar refractivity (Wildman–Crippen MR) is 53.3 cm³/mol. The van der Waals surface area contributed by atoms with Crippen molar-refractivity contribution in [2.45, 2.75) is 0 Å². The standard InChI is InChI=1S/C8H7N2O.H2O4S/c11-10-6-9-5-7-3-1-2-4-8(7)10;1-5(2,3)4/h1-6,11H;(H2,1,2,3,4)/q+1;. The van der Waals surface area contributed by atoms with Crippen LogP contribution in [0, 0.1) is 0 Å². The molecule has 0 unspecified atom stereocenters. The summed E-state index contributed by atoms with van der Waals surface area (Å²) in [6.45, 7) is 0. The summed E-state index contributed by atoms with van der Waals surface area (Å²) < 4.78 is 32.6. The fourth-order valence-electron chi connectivity index (χ4n) is 1.04. The molecule has 1 heterocycles. The fraction of sp³-hybridized carbons (Fsp3) is 0. The minimum atomic E-state index is -4.67. The lowest BCUT2D eigenvalue weighted by atomic mass is 10.2. The summed E-state index contributed by atoms with van der Waals surface area (Å²) in [6.07, 6.45) is 3.07. The van der Waals surface area contributed by atoms with E-state index in [1.165, 1.54) is 6.33 Å². The number of para-hydroxylation sites is 1. The highest BCUT2D eigenvalue weighted by Crippen LogP contribution is 2.04. The highest BCUT2D eigenvalue weighted by atomic mass is 32.3. The highest BCUT2D eigenvalue weighted by molar-refractivity contribution is 7.79. The van der Waals surface area contributed by atoms with Crippen molar-refractivity contribution in [2.24, 2.45) is 0 Å². The third-order valence-corrected chi connectivity index (χ3v) is 1.57. The molecule has 8 heteroatoms. The Bertz CT molecular complexity index is 571. The van der Waals surface area contributed by atoms with Gasteiger partial charge < -0.3 is 5.21 Å². The summed E-state index contributed by atoms with van der Waals surface area (Å²) >= 11 is 0. The van der Waals surface area contributed by atoms with E-state index < -0.39 is 10.4 Å². The van der Waals surface area contributed by atoms with Crippen LogP contribution in [-0.2, 0) is 10.4 Å². The van der Waals surface area contributed by atoms with Gasteiger partial charge in [-0.25, -0.2) is 0 Å². The number of benzene rings is 1. The Morgan fingerprint density at radius 1 is 1.19 bits per heavy atom. The number of hydrogen-bond donors (Lipinski definition) is 3. The highest BCUT2D eigenvalue weighted by Gasteiger charge is 2.01. The van der Waals surface area contributed by atoms with E-state index in [4.69, 9.17) is 17.5 Å². The Balaban J connectivity index is 0.000000221. The molecule has 0 aliphatic rings. The van der Waals surface area contributed by atoms with E-state index in [1.807, 2.05) is 24.3 Å². The second-order valence-electron chi connectivity index (χ2n) is 2.74. The second-order valence-corrected chi connectivity index (χ2v) is 3.64. The van der Waals surface area contributed by atoms with Crippen LogP contribution in [0.15, 0.2) is 36.8 Å². The Morgan fingerprint density at radius 3 is 2.31 bits per heavy atom. The third-order valence-electron chi connectivity index (χ3n) is 1.57. The molecule has 0 radical (unpaired) electrons. The summed E-state index contributed by atoms with van der Waals surface area (Å²) in [4.78, 5) is 3.83. The molecule has 0 aliphatic heterocycles. The van der Waals surface area contributed by atoms with Crippen LogP contribution in [0.25, 0.3) is 10.9 Å². The molecule has 0 saturated carbocycles. The van der Waals surface area contributed by atoms with E-state index in [0.717, 1.165) is 15.6 Å². The zero-order chi connectivity index (χ0) is 12.2. The normalized spacial score (nSPS) is 10.6. The van der Waals surface area contributed by atoms with Crippen molar-refractivity contribution < 1.29 is 27.5 Å². The molecule has 0 fully saturated rings. The van der Waals surface area contributed by atoms with Crippen molar-refractivity contribution in [3.05, 3.63) is 36.8 Å². The van der Waals surface area contributed by atoms with Crippen molar-refractivity contribution in [1.29, 1.82) is 0 Å². The van der Waals surface area contributed by atoms with Gasteiger partial charge in [-0.3, -0.25) is 9.11 Å². The maximum atomic E-state index is 9.23. The number of rotatable bonds is 0. The zero-order valence-corrected chi connectivity index (χ0v) is 8.74. The molecule has 1 aromatic carbocycles. The van der Waals surface area contributed by atoms with Crippen molar-refractivity contribution in [3.8, 4) is 0 Å². The first-order valence-electron chi connectivity index (χ1n) is 4.01. The maximum Gasteiger partial charge on any atom is 0.394 e. The van der Waals surface area contributed by atoms with Gasteiger partial charge >= 0.3 is 16.7 Å². The Kier molecular flexibility index (Phi) is 3.72. The Morgan fingerprint density at radius 2 is 1.75 bits per heavy atom. The van der Waals surface area contributed by atoms with Crippen LogP contribution in [-0.4, -0.2) is 27.7 Å². The van der Waals surface area contributed by atoms with Gasteiger partial charge in [-0.2, -0.15) is 8.42 Å². The van der Waals surface area contributed by atoms with Crippen molar-refractivity contribution in [1.82, 2.24) is 4.98 Å². The first kappa shape index (κ1) is 12.3. The third kappa shape index (κ3) is 4.17. The number of nitrogens with zero attached hydrogens (tertiary/aromatic N) is 2. The van der Waals surface area contributed by atoms with Crippen LogP contribution < -0.4 is 4.73 Å². The van der Waals surface area contributed by atoms with Crippen LogP contribution in [0.4, 0.5) is 0 Å². The monoisotopic (exact) mass is 245 g/mol. The summed E-state index contributed by atoms with van der Waals surface area (Å²) in [7, 11) is -4.67. The van der Waals surface area contributed by atoms with Gasteiger partial charge in [0.25, 0.3) is 0 Å². The molecule has 0 saturated heterocycles. The van der Waals surface area contributed by atoms with Gasteiger partial charge in [-0.05, 0) is 16.9 Å². The summed E-state index contributed by atoms with van der Waals surface area (Å²) in [5.74, 6) is 0. The minimum absolute atomic E-state index is 0.766. The van der Waals surface area contributed by atoms with E-state index in [-0.39, 0.29) is 0 Å². The van der Waals surface area contributed by atoms with Gasteiger partial charge in [0.05, 0.1) is 5.39 Å². The van der Waals surface area contributed by atoms with Gasteiger partial charge in [0.2, 0.25) is 0 Å². The fourth-order valence-corrected chi connectivity index (χ4v) is 1.04. The lowest BCUT2D eigenvalue weighted by Crippen LogP contribution is -2.30. The van der Waals surface area contributed by atoms with E-state index in [2.05, 4.69) is 4.98 Å². The second kappa shape index (κ2) is 4.84. The van der Waals surface area contributed by atoms with Crippen LogP contribution >= 0.6 is 0 Å². The van der Waals surface area contributed by atoms with Crippen LogP contribution in [0.5, 0.6) is 0 Å². The van der Waals surface area contributed by atoms with Crippen molar-refractivity contribution in [3.63, 3.8) is 0 Å². The number of fused-ring (bicyclic) bond motifs is 1. The van der Waals surface area contributed by atoms with E-state index in [9.17, 15) is 5.21 Å². The molecular weight excluding hydrogens is 236 g/mol. The average molecular weight is 245 g/mol. The molecule has 3 N–H and O–H groups in total. The quantitative estimate of drug-likeness (QED) is 0.345. The lowest BCUT2D eigenvalue weighted by molar-refractivity contribution is -0.886. The van der Waals surface area contributed by atoms with Crippen LogP contribution in [0.1, 0.15) is 0 Å². The van der Waals surface area contributed by atoms with Crippen LogP contribution in [0.2, 0.25) is 0 Å². The van der Waals surface area contributed by atoms with E-state index in [1.54, 1.807) is 6.20 Å². The molecule has 0 atom stereocenters. The summed E-state index contributed by atoms with van der Waals surface area (Å²) in [5, 5.41) is 10.2. The molecule has 0 aliphatic carbocycles. The molecular formula is C8H9N2O5S+. The molecule has 0 bridgehead atoms. The zero-order valence-electron chi connectivity index (χ0n) is 7.92. The van der Waals surface area contributed by atoms with E-state index in [0.29, 0.717) is 0 Å². The van der Waals surface area contributed by atoms with Gasteiger partial charge in [-0.15, -0.1) is 0 Å². The van der Waals surface area contributed by atoms with Gasteiger partial charge in [0.1, 0.15) is 0 Å². The number of aromatic nitrogens is 2.